The van der Waals surface area contributed by atoms with E-state index in [9.17, 15) is 4.79 Å². The van der Waals surface area contributed by atoms with E-state index in [-0.39, 0.29) is 13.2 Å². The van der Waals surface area contributed by atoms with Crippen LogP contribution in [0, 0.1) is 12.3 Å². The third kappa shape index (κ3) is 5.34. The summed E-state index contributed by atoms with van der Waals surface area (Å²) >= 11 is 5.94. The third-order valence-electron chi connectivity index (χ3n) is 2.82. The van der Waals surface area contributed by atoms with E-state index in [0.717, 1.165) is 0 Å². The maximum atomic E-state index is 11.7. The molecule has 0 spiro atoms. The fraction of sp³-hybridized carbons (Fsp3) is 0.111. The minimum Gasteiger partial charge on any atom is -0.482 e. The molecule has 0 saturated heterocycles. The number of ether oxygens (including phenoxy) is 2. The van der Waals surface area contributed by atoms with Crippen LogP contribution in [0.2, 0.25) is 5.02 Å². The van der Waals surface area contributed by atoms with E-state index in [2.05, 4.69) is 16.4 Å². The van der Waals surface area contributed by atoms with Gasteiger partial charge in [-0.25, -0.2) is 5.43 Å². The number of hydrogen-bond acceptors (Lipinski definition) is 4. The van der Waals surface area contributed by atoms with Crippen molar-refractivity contribution in [3.8, 4) is 23.8 Å². The van der Waals surface area contributed by atoms with Gasteiger partial charge in [-0.05, 0) is 24.3 Å². The van der Waals surface area contributed by atoms with Crippen molar-refractivity contribution in [3.05, 3.63) is 59.1 Å². The molecular formula is C18H15ClN2O3. The van der Waals surface area contributed by atoms with E-state index in [1.165, 1.54) is 6.21 Å². The molecule has 2 aromatic carbocycles. The summed E-state index contributed by atoms with van der Waals surface area (Å²) in [4.78, 5) is 11.7. The van der Waals surface area contributed by atoms with Crippen molar-refractivity contribution in [2.45, 2.75) is 0 Å². The number of benzene rings is 2. The van der Waals surface area contributed by atoms with E-state index >= 15 is 0 Å². The average Bonchev–Trinajstić information content (AvgIpc) is 2.60. The fourth-order valence-corrected chi connectivity index (χ4v) is 1.94. The molecule has 0 aromatic heterocycles. The van der Waals surface area contributed by atoms with Gasteiger partial charge in [0.1, 0.15) is 18.1 Å². The molecule has 0 aliphatic rings. The first-order chi connectivity index (χ1) is 11.7. The smallest absolute Gasteiger partial charge is 0.277 e. The van der Waals surface area contributed by atoms with Gasteiger partial charge in [-0.1, -0.05) is 41.8 Å². The van der Waals surface area contributed by atoms with E-state index in [1.807, 2.05) is 12.1 Å². The zero-order valence-electron chi connectivity index (χ0n) is 12.7. The minimum atomic E-state index is -0.409. The van der Waals surface area contributed by atoms with E-state index < -0.39 is 5.91 Å². The molecule has 0 bridgehead atoms. The van der Waals surface area contributed by atoms with Gasteiger partial charge >= 0.3 is 0 Å². The monoisotopic (exact) mass is 342 g/mol. The molecule has 0 aliphatic carbocycles. The predicted molar refractivity (Wildman–Crippen MR) is 93.5 cm³/mol. The van der Waals surface area contributed by atoms with E-state index in [0.29, 0.717) is 22.1 Å². The Morgan fingerprint density at radius 3 is 2.62 bits per heavy atom. The summed E-state index contributed by atoms with van der Waals surface area (Å²) in [6, 6.07) is 14.1. The Bertz CT molecular complexity index is 769. The molecular weight excluding hydrogens is 328 g/mol. The number of carbonyl (C=O) groups excluding carboxylic acids is 1. The first-order valence-corrected chi connectivity index (χ1v) is 7.43. The highest BCUT2D eigenvalue weighted by atomic mass is 35.5. The summed E-state index contributed by atoms with van der Waals surface area (Å²) in [5, 5.41) is 4.31. The number of rotatable bonds is 7. The van der Waals surface area contributed by atoms with Crippen molar-refractivity contribution in [2.75, 3.05) is 13.2 Å². The number of hydrazone groups is 1. The lowest BCUT2D eigenvalue weighted by Crippen LogP contribution is -2.24. The molecule has 0 fully saturated rings. The molecule has 122 valence electrons. The average molecular weight is 343 g/mol. The van der Waals surface area contributed by atoms with Crippen LogP contribution in [0.4, 0.5) is 0 Å². The zero-order valence-corrected chi connectivity index (χ0v) is 13.5. The van der Waals surface area contributed by atoms with Crippen molar-refractivity contribution in [1.29, 1.82) is 0 Å². The van der Waals surface area contributed by atoms with E-state index in [1.54, 1.807) is 36.4 Å². The highest BCUT2D eigenvalue weighted by Gasteiger charge is 2.04. The minimum absolute atomic E-state index is 0.156. The second kappa shape index (κ2) is 9.23. The van der Waals surface area contributed by atoms with Crippen LogP contribution in [0.3, 0.4) is 0 Å². The molecule has 5 nitrogen and oxygen atoms in total. The van der Waals surface area contributed by atoms with Gasteiger partial charge in [-0.15, -0.1) is 6.42 Å². The van der Waals surface area contributed by atoms with Crippen molar-refractivity contribution in [2.24, 2.45) is 5.10 Å². The summed E-state index contributed by atoms with van der Waals surface area (Å²) in [7, 11) is 0. The Labute approximate surface area is 145 Å². The molecule has 24 heavy (non-hydrogen) atoms. The molecule has 0 atom stereocenters. The zero-order chi connectivity index (χ0) is 17.2. The number of amides is 1. The lowest BCUT2D eigenvalue weighted by molar-refractivity contribution is -0.123. The van der Waals surface area contributed by atoms with Crippen LogP contribution >= 0.6 is 11.6 Å². The summed E-state index contributed by atoms with van der Waals surface area (Å²) in [6.45, 7) is -0.0425. The third-order valence-corrected chi connectivity index (χ3v) is 3.13. The second-order valence-corrected chi connectivity index (χ2v) is 4.95. The molecule has 2 rings (SSSR count). The largest absolute Gasteiger partial charge is 0.482 e. The maximum Gasteiger partial charge on any atom is 0.277 e. The molecule has 0 unspecified atom stereocenters. The Hall–Kier alpha value is -2.97. The topological polar surface area (TPSA) is 59.9 Å². The number of carbonyl (C=O) groups is 1. The molecule has 1 N–H and O–H groups in total. The first-order valence-electron chi connectivity index (χ1n) is 7.05. The van der Waals surface area contributed by atoms with Gasteiger partial charge in [0.25, 0.3) is 5.91 Å². The van der Waals surface area contributed by atoms with Crippen molar-refractivity contribution in [1.82, 2.24) is 5.43 Å². The van der Waals surface area contributed by atoms with Gasteiger partial charge < -0.3 is 9.47 Å². The second-order valence-electron chi connectivity index (χ2n) is 4.54. The van der Waals surface area contributed by atoms with Gasteiger partial charge in [0.05, 0.1) is 11.2 Å². The highest BCUT2D eigenvalue weighted by Crippen LogP contribution is 2.22. The van der Waals surface area contributed by atoms with Crippen LogP contribution in [-0.4, -0.2) is 25.3 Å². The number of terminal acetylenes is 1. The number of para-hydroxylation sites is 2. The summed E-state index contributed by atoms with van der Waals surface area (Å²) in [5.41, 5.74) is 3.07. The van der Waals surface area contributed by atoms with Gasteiger partial charge in [0.2, 0.25) is 0 Å². The summed E-state index contributed by atoms with van der Waals surface area (Å²) < 4.78 is 10.7. The Balaban J connectivity index is 1.87. The van der Waals surface area contributed by atoms with Crippen molar-refractivity contribution in [3.63, 3.8) is 0 Å². The Morgan fingerprint density at radius 1 is 1.17 bits per heavy atom. The SMILES string of the molecule is C#CCOc1ccccc1/C=N/NC(=O)COc1ccccc1Cl. The van der Waals surface area contributed by atoms with Crippen molar-refractivity contribution < 1.29 is 14.3 Å². The van der Waals surface area contributed by atoms with Gasteiger partial charge in [0, 0.05) is 5.56 Å². The van der Waals surface area contributed by atoms with Crippen LogP contribution in [0.25, 0.3) is 0 Å². The van der Waals surface area contributed by atoms with Gasteiger partial charge in [-0.2, -0.15) is 5.10 Å². The molecule has 0 radical (unpaired) electrons. The molecule has 0 aliphatic heterocycles. The number of halogens is 1. The van der Waals surface area contributed by atoms with Crippen LogP contribution in [0.5, 0.6) is 11.5 Å². The van der Waals surface area contributed by atoms with Crippen LogP contribution < -0.4 is 14.9 Å². The Kier molecular flexibility index (Phi) is 6.69. The number of nitrogens with zero attached hydrogens (tertiary/aromatic N) is 1. The summed E-state index contributed by atoms with van der Waals surface area (Å²) in [5.74, 6) is 3.00. The van der Waals surface area contributed by atoms with Gasteiger partial charge in [-0.3, -0.25) is 4.79 Å². The quantitative estimate of drug-likeness (QED) is 0.478. The van der Waals surface area contributed by atoms with Crippen molar-refractivity contribution >= 4 is 23.7 Å². The molecule has 1 amide bonds. The number of nitrogens with one attached hydrogen (secondary N) is 1. The van der Waals surface area contributed by atoms with Crippen LogP contribution in [0.1, 0.15) is 5.56 Å². The molecule has 0 saturated carbocycles. The van der Waals surface area contributed by atoms with E-state index in [4.69, 9.17) is 27.5 Å². The highest BCUT2D eigenvalue weighted by molar-refractivity contribution is 6.32. The predicted octanol–water partition coefficient (Wildman–Crippen LogP) is 2.88. The normalized spacial score (nSPS) is 10.2. The lowest BCUT2D eigenvalue weighted by atomic mass is 10.2. The fourth-order valence-electron chi connectivity index (χ4n) is 1.75. The number of hydrogen-bond donors (Lipinski definition) is 1. The lowest BCUT2D eigenvalue weighted by Gasteiger charge is -2.07. The first kappa shape index (κ1) is 17.4. The molecule has 0 heterocycles. The van der Waals surface area contributed by atoms with Crippen LogP contribution in [-0.2, 0) is 4.79 Å². The molecule has 6 heteroatoms. The Morgan fingerprint density at radius 2 is 1.88 bits per heavy atom. The van der Waals surface area contributed by atoms with Crippen LogP contribution in [0.15, 0.2) is 53.6 Å². The summed E-state index contributed by atoms with van der Waals surface area (Å²) in [6.07, 6.45) is 6.64. The van der Waals surface area contributed by atoms with Gasteiger partial charge in [0.15, 0.2) is 6.61 Å². The standard InChI is InChI=1S/C18H15ClN2O3/c1-2-11-23-16-9-5-3-7-14(16)12-20-21-18(22)13-24-17-10-6-4-8-15(17)19/h1,3-10,12H,11,13H2,(H,21,22)/b20-12+. The maximum absolute atomic E-state index is 11.7. The molecule has 2 aromatic rings.